The number of hydrogen-bond donors (Lipinski definition) is 2. The number of aliphatic hydroxyl groups is 2. The first-order valence-electron chi connectivity index (χ1n) is 9.99. The van der Waals surface area contributed by atoms with Crippen molar-refractivity contribution in [2.75, 3.05) is 20.3 Å². The first-order valence-corrected chi connectivity index (χ1v) is 9.99. The third-order valence-corrected chi connectivity index (χ3v) is 5.95. The molecule has 0 radical (unpaired) electrons. The average Bonchev–Trinajstić information content (AvgIpc) is 2.94. The number of carbonyl (C=O) groups excluding carboxylic acids is 2. The van der Waals surface area contributed by atoms with Crippen molar-refractivity contribution in [3.63, 3.8) is 0 Å². The van der Waals surface area contributed by atoms with Crippen molar-refractivity contribution in [1.82, 2.24) is 4.90 Å². The van der Waals surface area contributed by atoms with Crippen LogP contribution in [0.25, 0.3) is 0 Å². The molecule has 4 atom stereocenters. The molecule has 1 aromatic rings. The lowest BCUT2D eigenvalue weighted by Gasteiger charge is -2.36. The van der Waals surface area contributed by atoms with Crippen LogP contribution in [0.5, 0.6) is 5.75 Å². The molecule has 0 saturated carbocycles. The Morgan fingerprint density at radius 2 is 1.93 bits per heavy atom. The van der Waals surface area contributed by atoms with Crippen molar-refractivity contribution < 1.29 is 24.5 Å². The van der Waals surface area contributed by atoms with Crippen molar-refractivity contribution in [2.45, 2.75) is 38.7 Å². The molecule has 6 nitrogen and oxygen atoms in total. The number of imide groups is 1. The molecule has 2 N–H and O–H groups in total. The molecule has 1 heterocycles. The van der Waals surface area contributed by atoms with Crippen molar-refractivity contribution >= 4 is 11.8 Å². The van der Waals surface area contributed by atoms with Crippen LogP contribution >= 0.6 is 0 Å². The molecule has 28 heavy (non-hydrogen) atoms. The fourth-order valence-corrected chi connectivity index (χ4v) is 4.49. The molecule has 2 amide bonds. The summed E-state index contributed by atoms with van der Waals surface area (Å²) >= 11 is 0. The van der Waals surface area contributed by atoms with E-state index in [1.807, 2.05) is 30.3 Å². The smallest absolute Gasteiger partial charge is 0.233 e. The van der Waals surface area contributed by atoms with Crippen LogP contribution in [0.15, 0.2) is 41.5 Å². The summed E-state index contributed by atoms with van der Waals surface area (Å²) in [6, 6.07) is 9.35. The maximum atomic E-state index is 12.6. The van der Waals surface area contributed by atoms with Crippen LogP contribution in [0.3, 0.4) is 0 Å². The maximum Gasteiger partial charge on any atom is 0.233 e. The average molecular weight is 387 g/mol. The number of hydrogen-bond acceptors (Lipinski definition) is 5. The Morgan fingerprint density at radius 1 is 1.21 bits per heavy atom. The van der Waals surface area contributed by atoms with Gasteiger partial charge in [0.1, 0.15) is 12.4 Å². The predicted molar refractivity (Wildman–Crippen MR) is 104 cm³/mol. The summed E-state index contributed by atoms with van der Waals surface area (Å²) in [5, 5.41) is 21.0. The SMILES string of the molecule is CCCC[C@@H](O)C1=C(COc2ccccc2)C[C@H]2C(=O)N(C)C(=O)[C@H]2[C@H]1CO. The fraction of sp³-hybridized carbons (Fsp3) is 0.545. The van der Waals surface area contributed by atoms with E-state index in [-0.39, 0.29) is 25.0 Å². The van der Waals surface area contributed by atoms with E-state index in [1.54, 1.807) is 0 Å². The van der Waals surface area contributed by atoms with Gasteiger partial charge in [0.05, 0.1) is 24.5 Å². The zero-order valence-corrected chi connectivity index (χ0v) is 16.5. The van der Waals surface area contributed by atoms with Gasteiger partial charge in [-0.25, -0.2) is 0 Å². The summed E-state index contributed by atoms with van der Waals surface area (Å²) in [4.78, 5) is 26.4. The van der Waals surface area contributed by atoms with Crippen molar-refractivity contribution in [3.8, 4) is 5.75 Å². The number of nitrogens with zero attached hydrogens (tertiary/aromatic N) is 1. The van der Waals surface area contributed by atoms with Gasteiger partial charge in [0.2, 0.25) is 11.8 Å². The minimum atomic E-state index is -0.749. The lowest BCUT2D eigenvalue weighted by atomic mass is 9.68. The molecule has 3 rings (SSSR count). The highest BCUT2D eigenvalue weighted by atomic mass is 16.5. The largest absolute Gasteiger partial charge is 0.489 e. The minimum absolute atomic E-state index is 0.215. The van der Waals surface area contributed by atoms with E-state index in [0.29, 0.717) is 24.2 Å². The lowest BCUT2D eigenvalue weighted by Crippen LogP contribution is -2.39. The number of rotatable bonds is 8. The van der Waals surface area contributed by atoms with Gasteiger partial charge in [0.25, 0.3) is 0 Å². The van der Waals surface area contributed by atoms with Crippen molar-refractivity contribution in [3.05, 3.63) is 41.5 Å². The van der Waals surface area contributed by atoms with Crippen LogP contribution in [0, 0.1) is 17.8 Å². The van der Waals surface area contributed by atoms with Gasteiger partial charge in [-0.15, -0.1) is 0 Å². The van der Waals surface area contributed by atoms with Gasteiger partial charge in [-0.05, 0) is 36.1 Å². The molecular weight excluding hydrogens is 358 g/mol. The number of benzene rings is 1. The Hall–Kier alpha value is -2.18. The Bertz CT molecular complexity index is 745. The molecule has 1 aromatic carbocycles. The van der Waals surface area contributed by atoms with E-state index in [2.05, 4.69) is 6.92 Å². The van der Waals surface area contributed by atoms with E-state index >= 15 is 0 Å². The van der Waals surface area contributed by atoms with Crippen LogP contribution in [-0.2, 0) is 9.59 Å². The number of para-hydroxylation sites is 1. The molecule has 2 aliphatic rings. The van der Waals surface area contributed by atoms with E-state index < -0.39 is 23.9 Å². The molecule has 0 bridgehead atoms. The third-order valence-electron chi connectivity index (χ3n) is 5.95. The second-order valence-corrected chi connectivity index (χ2v) is 7.68. The molecule has 6 heteroatoms. The van der Waals surface area contributed by atoms with Crippen molar-refractivity contribution in [1.29, 1.82) is 0 Å². The van der Waals surface area contributed by atoms with Crippen molar-refractivity contribution in [2.24, 2.45) is 17.8 Å². The number of likely N-dealkylation sites (tertiary alicyclic amines) is 1. The molecule has 0 spiro atoms. The second kappa shape index (κ2) is 8.88. The van der Waals surface area contributed by atoms with Gasteiger partial charge in [0.15, 0.2) is 0 Å². The van der Waals surface area contributed by atoms with Crippen LogP contribution in [-0.4, -0.2) is 53.3 Å². The van der Waals surface area contributed by atoms with Gasteiger partial charge < -0.3 is 14.9 Å². The van der Waals surface area contributed by atoms with Gasteiger partial charge in [-0.1, -0.05) is 38.0 Å². The van der Waals surface area contributed by atoms with Gasteiger partial charge >= 0.3 is 0 Å². The zero-order chi connectivity index (χ0) is 20.3. The summed E-state index contributed by atoms with van der Waals surface area (Å²) < 4.78 is 5.90. The summed E-state index contributed by atoms with van der Waals surface area (Å²) in [6.45, 7) is 2.00. The van der Waals surface area contributed by atoms with E-state index in [4.69, 9.17) is 4.74 Å². The van der Waals surface area contributed by atoms with Gasteiger partial charge in [-0.3, -0.25) is 14.5 Å². The van der Waals surface area contributed by atoms with E-state index in [9.17, 15) is 19.8 Å². The Labute approximate surface area is 165 Å². The Balaban J connectivity index is 1.94. The van der Waals surface area contributed by atoms with Gasteiger partial charge in [0, 0.05) is 13.0 Å². The van der Waals surface area contributed by atoms with E-state index in [0.717, 1.165) is 23.3 Å². The van der Waals surface area contributed by atoms with Gasteiger partial charge in [-0.2, -0.15) is 0 Å². The molecular formula is C22H29NO5. The number of ether oxygens (including phenoxy) is 1. The number of amides is 2. The monoisotopic (exact) mass is 387 g/mol. The second-order valence-electron chi connectivity index (χ2n) is 7.68. The predicted octanol–water partition coefficient (Wildman–Crippen LogP) is 2.16. The minimum Gasteiger partial charge on any atom is -0.489 e. The van der Waals surface area contributed by atoms with Crippen LogP contribution in [0.2, 0.25) is 0 Å². The summed E-state index contributed by atoms with van der Waals surface area (Å²) in [5.74, 6) is -1.43. The highest BCUT2D eigenvalue weighted by Gasteiger charge is 2.53. The molecule has 1 fully saturated rings. The summed E-state index contributed by atoms with van der Waals surface area (Å²) in [6.07, 6.45) is 1.97. The normalized spacial score (nSPS) is 25.9. The van der Waals surface area contributed by atoms with Crippen LogP contribution in [0.1, 0.15) is 32.6 Å². The first-order chi connectivity index (χ1) is 13.5. The topological polar surface area (TPSA) is 87.1 Å². The number of aliphatic hydroxyl groups excluding tert-OH is 2. The van der Waals surface area contributed by atoms with E-state index in [1.165, 1.54) is 7.05 Å². The lowest BCUT2D eigenvalue weighted by molar-refractivity contribution is -0.138. The summed E-state index contributed by atoms with van der Waals surface area (Å²) in [7, 11) is 1.49. The highest BCUT2D eigenvalue weighted by Crippen LogP contribution is 2.45. The molecule has 0 aromatic heterocycles. The van der Waals surface area contributed by atoms with Crippen LogP contribution < -0.4 is 4.74 Å². The Kier molecular flexibility index (Phi) is 6.52. The number of unbranched alkanes of at least 4 members (excludes halogenated alkanes) is 1. The molecule has 152 valence electrons. The molecule has 1 saturated heterocycles. The quantitative estimate of drug-likeness (QED) is 0.527. The first kappa shape index (κ1) is 20.6. The molecule has 1 aliphatic carbocycles. The Morgan fingerprint density at radius 3 is 2.57 bits per heavy atom. The molecule has 1 aliphatic heterocycles. The molecule has 0 unspecified atom stereocenters. The standard InChI is InChI=1S/C22H29NO5/c1-3-4-10-18(25)19-14(13-28-15-8-6-5-7-9-15)11-16-20(17(19)12-24)22(27)23(2)21(16)26/h5-9,16-18,20,24-25H,3-4,10-13H2,1-2H3/t16-,17+,18-,20-/m1/s1. The maximum absolute atomic E-state index is 12.6. The zero-order valence-electron chi connectivity index (χ0n) is 16.5. The third kappa shape index (κ3) is 3.84. The summed E-state index contributed by atoms with van der Waals surface area (Å²) in [5.41, 5.74) is 1.51. The number of fused-ring (bicyclic) bond motifs is 1. The van der Waals surface area contributed by atoms with Crippen LogP contribution in [0.4, 0.5) is 0 Å². The highest BCUT2D eigenvalue weighted by molar-refractivity contribution is 6.05. The fourth-order valence-electron chi connectivity index (χ4n) is 4.49. The number of carbonyl (C=O) groups is 2.